The lowest BCUT2D eigenvalue weighted by atomic mass is 9.58. The molecule has 0 bridgehead atoms. The zero-order valence-electron chi connectivity index (χ0n) is 25.2. The van der Waals surface area contributed by atoms with E-state index in [0.717, 1.165) is 35.2 Å². The van der Waals surface area contributed by atoms with E-state index in [1.807, 2.05) is 56.3 Å². The summed E-state index contributed by atoms with van der Waals surface area (Å²) < 4.78 is 6.07. The molecule has 0 aromatic heterocycles. The number of amides is 1. The van der Waals surface area contributed by atoms with Gasteiger partial charge in [0.25, 0.3) is 5.91 Å². The second-order valence-electron chi connectivity index (χ2n) is 12.1. The summed E-state index contributed by atoms with van der Waals surface area (Å²) in [4.78, 5) is 43.8. The van der Waals surface area contributed by atoms with Crippen molar-refractivity contribution in [3.8, 4) is 16.9 Å². The van der Waals surface area contributed by atoms with Gasteiger partial charge in [-0.25, -0.2) is 0 Å². The van der Waals surface area contributed by atoms with Crippen molar-refractivity contribution in [3.05, 3.63) is 70.2 Å². The molecular weight excluding hydrogens is 550 g/mol. The summed E-state index contributed by atoms with van der Waals surface area (Å²) in [5.41, 5.74) is 5.78. The third-order valence-electron chi connectivity index (χ3n) is 9.04. The van der Waals surface area contributed by atoms with Crippen molar-refractivity contribution in [1.29, 1.82) is 0 Å². The van der Waals surface area contributed by atoms with Gasteiger partial charge in [0.15, 0.2) is 11.4 Å². The first kappa shape index (κ1) is 30.3. The van der Waals surface area contributed by atoms with E-state index in [1.165, 1.54) is 0 Å². The number of hydrogen-bond acceptors (Lipinski definition) is 9. The minimum atomic E-state index is -2.62. The van der Waals surface area contributed by atoms with Gasteiger partial charge in [0.05, 0.1) is 18.2 Å². The molecule has 5 N–H and O–H groups in total. The highest BCUT2D eigenvalue weighted by atomic mass is 16.5. The molecule has 3 aliphatic carbocycles. The summed E-state index contributed by atoms with van der Waals surface area (Å²) in [6, 6.07) is 10.7. The number of anilines is 1. The van der Waals surface area contributed by atoms with Crippen molar-refractivity contribution in [3.63, 3.8) is 0 Å². The molecular formula is C33H39N3O7. The smallest absolute Gasteiger partial charge is 0.255 e. The number of allylic oxidation sites excluding steroid dienone is 1. The average molecular weight is 590 g/mol. The molecule has 228 valence electrons. The Morgan fingerprint density at radius 1 is 1.07 bits per heavy atom. The van der Waals surface area contributed by atoms with Crippen molar-refractivity contribution in [2.24, 2.45) is 17.6 Å². The first-order chi connectivity index (χ1) is 20.3. The summed E-state index contributed by atoms with van der Waals surface area (Å²) >= 11 is 0. The molecule has 0 fully saturated rings. The number of likely N-dealkylation sites (N-methyl/N-ethyl adjacent to an activating group) is 1. The summed E-state index contributed by atoms with van der Waals surface area (Å²) in [5.74, 6) is -5.58. The lowest BCUT2D eigenvalue weighted by Gasteiger charge is -2.50. The second kappa shape index (κ2) is 11.2. The Morgan fingerprint density at radius 3 is 2.33 bits per heavy atom. The van der Waals surface area contributed by atoms with Gasteiger partial charge in [-0.05, 0) is 74.2 Å². The highest BCUT2D eigenvalue weighted by Gasteiger charge is 2.63. The van der Waals surface area contributed by atoms with Crippen LogP contribution in [0.15, 0.2) is 59.1 Å². The number of aliphatic hydroxyl groups is 3. The molecule has 2 aromatic rings. The van der Waals surface area contributed by atoms with Crippen LogP contribution in [0.3, 0.4) is 0 Å². The topological polar surface area (TPSA) is 154 Å². The Hall–Kier alpha value is -4.15. The molecule has 3 aliphatic rings. The molecule has 2 aromatic carbocycles. The number of nitrogens with zero attached hydrogens (tertiary/aromatic N) is 2. The Balaban J connectivity index is 1.70. The summed E-state index contributed by atoms with van der Waals surface area (Å²) in [6.45, 7) is 2.43. The van der Waals surface area contributed by atoms with Crippen molar-refractivity contribution >= 4 is 23.2 Å². The van der Waals surface area contributed by atoms with Gasteiger partial charge in [-0.1, -0.05) is 31.5 Å². The maximum absolute atomic E-state index is 14.4. The molecule has 0 unspecified atom stereocenters. The van der Waals surface area contributed by atoms with Crippen LogP contribution in [0.25, 0.3) is 11.1 Å². The molecule has 43 heavy (non-hydrogen) atoms. The first-order valence-corrected chi connectivity index (χ1v) is 14.6. The van der Waals surface area contributed by atoms with E-state index in [1.54, 1.807) is 25.1 Å². The highest BCUT2D eigenvalue weighted by molar-refractivity contribution is 6.25. The van der Waals surface area contributed by atoms with Gasteiger partial charge in [0.2, 0.25) is 5.78 Å². The Kier molecular flexibility index (Phi) is 7.87. The molecule has 10 heteroatoms. The van der Waals surface area contributed by atoms with Gasteiger partial charge >= 0.3 is 0 Å². The van der Waals surface area contributed by atoms with Crippen LogP contribution in [0.2, 0.25) is 0 Å². The number of carbonyl (C=O) groups is 3. The number of nitrogens with two attached hydrogens (primary N) is 1. The number of ketones is 2. The maximum Gasteiger partial charge on any atom is 0.255 e. The number of aliphatic hydroxyl groups excluding tert-OH is 2. The fourth-order valence-electron chi connectivity index (χ4n) is 6.89. The Labute approximate surface area is 251 Å². The van der Waals surface area contributed by atoms with Gasteiger partial charge in [0.1, 0.15) is 22.8 Å². The number of Topliss-reactive ketones (excluding diaryl/α,β-unsaturated/α-hetero) is 2. The molecule has 0 spiro atoms. The quantitative estimate of drug-likeness (QED) is 0.268. The van der Waals surface area contributed by atoms with E-state index >= 15 is 0 Å². The molecule has 0 heterocycles. The van der Waals surface area contributed by atoms with E-state index < -0.39 is 58.0 Å². The number of benzene rings is 2. The van der Waals surface area contributed by atoms with Gasteiger partial charge in [0, 0.05) is 31.3 Å². The van der Waals surface area contributed by atoms with Crippen LogP contribution in [-0.4, -0.2) is 84.1 Å². The van der Waals surface area contributed by atoms with E-state index in [9.17, 15) is 29.7 Å². The van der Waals surface area contributed by atoms with Crippen molar-refractivity contribution in [1.82, 2.24) is 4.90 Å². The molecule has 10 nitrogen and oxygen atoms in total. The SMILES string of the molecule is CCCCOc1ccc(-c2ccc(N(C)C)cc2)c2c1C(=O)C1=C(O)[C@]3(O)C(=O)C(C(N)=O)=C(O)[C@@H](N(C)C)[C@@H]3C[C@@H]1C2. The monoisotopic (exact) mass is 589 g/mol. The van der Waals surface area contributed by atoms with Crippen LogP contribution in [0.5, 0.6) is 5.75 Å². The standard InChI is InChI=1S/C33H39N3O7/c1-6-7-14-43-23-13-12-20(17-8-10-19(11-9-17)35(2)3)21-15-18-16-22-27(36(4)5)29(38)26(32(34)41)31(40)33(22,42)30(39)24(18)28(37)25(21)23/h8-13,18,22,27,38-39,42H,6-7,14-16H2,1-5H3,(H2,34,41)/t18-,22-,27-,33-/m0/s1. The molecule has 0 saturated heterocycles. The van der Waals surface area contributed by atoms with Crippen LogP contribution >= 0.6 is 0 Å². The summed E-state index contributed by atoms with van der Waals surface area (Å²) in [6.07, 6.45) is 2.09. The van der Waals surface area contributed by atoms with E-state index in [0.29, 0.717) is 18.8 Å². The van der Waals surface area contributed by atoms with Gasteiger partial charge in [-0.3, -0.25) is 19.3 Å². The fourth-order valence-corrected chi connectivity index (χ4v) is 6.89. The zero-order valence-corrected chi connectivity index (χ0v) is 25.2. The largest absolute Gasteiger partial charge is 0.510 e. The average Bonchev–Trinajstić information content (AvgIpc) is 2.95. The van der Waals surface area contributed by atoms with Crippen LogP contribution in [0.4, 0.5) is 5.69 Å². The minimum Gasteiger partial charge on any atom is -0.510 e. The third kappa shape index (κ3) is 4.69. The van der Waals surface area contributed by atoms with Crippen LogP contribution in [0, 0.1) is 11.8 Å². The molecule has 0 aliphatic heterocycles. The van der Waals surface area contributed by atoms with Gasteiger partial charge < -0.3 is 30.7 Å². The minimum absolute atomic E-state index is 0.0808. The number of primary amides is 1. The number of unbranched alkanes of at least 4 members (excludes halogenated alkanes) is 1. The van der Waals surface area contributed by atoms with Crippen LogP contribution < -0.4 is 15.4 Å². The maximum atomic E-state index is 14.4. The van der Waals surface area contributed by atoms with E-state index in [2.05, 4.69) is 0 Å². The fraction of sp³-hybridized carbons (Fsp3) is 0.424. The third-order valence-corrected chi connectivity index (χ3v) is 9.04. The molecule has 4 atom stereocenters. The van der Waals surface area contributed by atoms with Crippen molar-refractivity contribution in [2.45, 2.75) is 44.2 Å². The van der Waals surface area contributed by atoms with Gasteiger partial charge in [-0.2, -0.15) is 0 Å². The predicted octanol–water partition coefficient (Wildman–Crippen LogP) is 3.33. The lowest BCUT2D eigenvalue weighted by molar-refractivity contribution is -0.148. The van der Waals surface area contributed by atoms with Crippen LogP contribution in [-0.2, 0) is 16.0 Å². The number of ether oxygens (including phenoxy) is 1. The number of fused-ring (bicyclic) bond motifs is 3. The zero-order chi connectivity index (χ0) is 31.4. The number of hydrogen-bond donors (Lipinski definition) is 4. The van der Waals surface area contributed by atoms with Crippen molar-refractivity contribution < 1.29 is 34.4 Å². The predicted molar refractivity (Wildman–Crippen MR) is 162 cm³/mol. The molecule has 0 radical (unpaired) electrons. The van der Waals surface area contributed by atoms with E-state index in [4.69, 9.17) is 10.5 Å². The van der Waals surface area contributed by atoms with E-state index in [-0.39, 0.29) is 17.6 Å². The van der Waals surface area contributed by atoms with Gasteiger partial charge in [-0.15, -0.1) is 0 Å². The summed E-state index contributed by atoms with van der Waals surface area (Å²) in [7, 11) is 7.17. The Bertz CT molecular complexity index is 1560. The number of carbonyl (C=O) groups excluding carboxylic acids is 3. The summed E-state index contributed by atoms with van der Waals surface area (Å²) in [5, 5.41) is 34.6. The Morgan fingerprint density at radius 2 is 1.74 bits per heavy atom. The second-order valence-corrected chi connectivity index (χ2v) is 12.1. The lowest BCUT2D eigenvalue weighted by Crippen LogP contribution is -2.63. The molecule has 1 amide bonds. The first-order valence-electron chi connectivity index (χ1n) is 14.6. The van der Waals surface area contributed by atoms with Crippen LogP contribution in [0.1, 0.15) is 42.1 Å². The normalized spacial score (nSPS) is 25.0. The van der Waals surface area contributed by atoms with Crippen molar-refractivity contribution in [2.75, 3.05) is 39.7 Å². The number of rotatable bonds is 8. The molecule has 5 rings (SSSR count). The molecule has 0 saturated carbocycles. The highest BCUT2D eigenvalue weighted by Crippen LogP contribution is 2.53.